The fourth-order valence-electron chi connectivity index (χ4n) is 3.77. The molecule has 2 aliphatic rings. The fourth-order valence-corrected chi connectivity index (χ4v) is 3.77. The molecule has 0 atom stereocenters. The van der Waals surface area contributed by atoms with Crippen molar-refractivity contribution in [1.82, 2.24) is 5.01 Å². The van der Waals surface area contributed by atoms with Crippen molar-refractivity contribution < 1.29 is 0 Å². The predicted molar refractivity (Wildman–Crippen MR) is 82.4 cm³/mol. The van der Waals surface area contributed by atoms with E-state index in [2.05, 4.69) is 42.5 Å². The predicted octanol–water partition coefficient (Wildman–Crippen LogP) is 3.31. The lowest BCUT2D eigenvalue weighted by Gasteiger charge is -2.30. The maximum Gasteiger partial charge on any atom is 0.0134 e. The first-order valence-electron chi connectivity index (χ1n) is 7.52. The first-order chi connectivity index (χ1) is 9.83. The minimum atomic E-state index is 0.680. The highest BCUT2D eigenvalue weighted by Crippen LogP contribution is 2.41. The number of hydrazine groups is 1. The van der Waals surface area contributed by atoms with E-state index in [0.29, 0.717) is 5.92 Å². The van der Waals surface area contributed by atoms with Crippen molar-refractivity contribution in [3.8, 4) is 11.1 Å². The van der Waals surface area contributed by atoms with Crippen LogP contribution in [-0.2, 0) is 6.42 Å². The number of rotatable bonds is 1. The van der Waals surface area contributed by atoms with E-state index in [4.69, 9.17) is 5.84 Å². The molecule has 1 heterocycles. The molecule has 1 saturated heterocycles. The van der Waals surface area contributed by atoms with E-state index in [1.54, 1.807) is 11.1 Å². The summed E-state index contributed by atoms with van der Waals surface area (Å²) in [6.07, 6.45) is 3.47. The molecule has 20 heavy (non-hydrogen) atoms. The van der Waals surface area contributed by atoms with Gasteiger partial charge >= 0.3 is 0 Å². The van der Waals surface area contributed by atoms with Crippen LogP contribution in [0.25, 0.3) is 11.1 Å². The van der Waals surface area contributed by atoms with E-state index in [0.717, 1.165) is 19.5 Å². The molecule has 0 spiro atoms. The molecule has 1 aliphatic heterocycles. The Morgan fingerprint density at radius 3 is 2.50 bits per heavy atom. The van der Waals surface area contributed by atoms with Gasteiger partial charge in [-0.15, -0.1) is 0 Å². The number of piperidine rings is 1. The van der Waals surface area contributed by atoms with E-state index in [9.17, 15) is 0 Å². The molecule has 2 aromatic rings. The molecule has 0 bridgehead atoms. The van der Waals surface area contributed by atoms with Gasteiger partial charge in [0.2, 0.25) is 0 Å². The summed E-state index contributed by atoms with van der Waals surface area (Å²) in [5.41, 5.74) is 7.48. The van der Waals surface area contributed by atoms with E-state index in [1.807, 2.05) is 5.01 Å². The van der Waals surface area contributed by atoms with E-state index >= 15 is 0 Å². The zero-order valence-corrected chi connectivity index (χ0v) is 11.7. The van der Waals surface area contributed by atoms with Crippen LogP contribution < -0.4 is 5.84 Å². The number of nitrogens with two attached hydrogens (primary N) is 1. The Labute approximate surface area is 120 Å². The van der Waals surface area contributed by atoms with E-state index < -0.39 is 0 Å². The van der Waals surface area contributed by atoms with Crippen molar-refractivity contribution in [1.29, 1.82) is 0 Å². The molecule has 0 saturated carbocycles. The Morgan fingerprint density at radius 2 is 1.65 bits per heavy atom. The van der Waals surface area contributed by atoms with Gasteiger partial charge in [0, 0.05) is 13.1 Å². The Morgan fingerprint density at radius 1 is 0.900 bits per heavy atom. The van der Waals surface area contributed by atoms with Crippen LogP contribution in [0.5, 0.6) is 0 Å². The van der Waals surface area contributed by atoms with Gasteiger partial charge in [-0.1, -0.05) is 42.5 Å². The summed E-state index contributed by atoms with van der Waals surface area (Å²) in [6, 6.07) is 15.7. The van der Waals surface area contributed by atoms with Crippen LogP contribution in [0.3, 0.4) is 0 Å². The minimum absolute atomic E-state index is 0.680. The second-order valence-corrected chi connectivity index (χ2v) is 6.02. The van der Waals surface area contributed by atoms with Crippen LogP contribution in [0.4, 0.5) is 0 Å². The Bertz CT molecular complexity index is 640. The molecular formula is C18H20N2. The highest BCUT2D eigenvalue weighted by atomic mass is 15.4. The maximum absolute atomic E-state index is 5.89. The summed E-state index contributed by atoms with van der Waals surface area (Å²) >= 11 is 0. The first-order valence-corrected chi connectivity index (χ1v) is 7.52. The molecule has 4 rings (SSSR count). The second kappa shape index (κ2) is 4.72. The normalized spacial score (nSPS) is 18.9. The summed E-state index contributed by atoms with van der Waals surface area (Å²) in [6.45, 7) is 2.03. The second-order valence-electron chi connectivity index (χ2n) is 6.02. The van der Waals surface area contributed by atoms with Crippen LogP contribution in [0, 0.1) is 0 Å². The quantitative estimate of drug-likeness (QED) is 0.683. The molecule has 2 N–H and O–H groups in total. The largest absolute Gasteiger partial charge is 0.269 e. The zero-order chi connectivity index (χ0) is 13.5. The van der Waals surface area contributed by atoms with Gasteiger partial charge in [-0.3, -0.25) is 5.84 Å². The van der Waals surface area contributed by atoms with Crippen molar-refractivity contribution in [3.05, 3.63) is 59.2 Å². The number of fused-ring (bicyclic) bond motifs is 3. The van der Waals surface area contributed by atoms with Gasteiger partial charge in [0.05, 0.1) is 0 Å². The van der Waals surface area contributed by atoms with Gasteiger partial charge < -0.3 is 0 Å². The topological polar surface area (TPSA) is 29.3 Å². The smallest absolute Gasteiger partial charge is 0.0134 e. The third-order valence-electron chi connectivity index (χ3n) is 4.86. The average molecular weight is 264 g/mol. The lowest BCUT2D eigenvalue weighted by molar-refractivity contribution is 0.217. The van der Waals surface area contributed by atoms with E-state index in [-0.39, 0.29) is 0 Å². The number of hydrogen-bond donors (Lipinski definition) is 1. The van der Waals surface area contributed by atoms with Crippen LogP contribution in [0.15, 0.2) is 42.5 Å². The van der Waals surface area contributed by atoms with E-state index in [1.165, 1.54) is 29.5 Å². The zero-order valence-electron chi connectivity index (χ0n) is 11.7. The van der Waals surface area contributed by atoms with Crippen LogP contribution >= 0.6 is 0 Å². The Balaban J connectivity index is 1.74. The van der Waals surface area contributed by atoms with Crippen molar-refractivity contribution in [2.24, 2.45) is 5.84 Å². The number of benzene rings is 2. The highest BCUT2D eigenvalue weighted by molar-refractivity contribution is 5.78. The molecule has 1 fully saturated rings. The van der Waals surface area contributed by atoms with Crippen LogP contribution in [0.2, 0.25) is 0 Å². The van der Waals surface area contributed by atoms with Gasteiger partial charge in [-0.2, -0.15) is 0 Å². The molecule has 0 radical (unpaired) electrons. The summed E-state index contributed by atoms with van der Waals surface area (Å²) in [5.74, 6) is 6.57. The summed E-state index contributed by atoms with van der Waals surface area (Å²) in [5, 5.41) is 1.95. The molecule has 102 valence electrons. The lowest BCUT2D eigenvalue weighted by atomic mass is 9.85. The average Bonchev–Trinajstić information content (AvgIpc) is 2.87. The fraction of sp³-hybridized carbons (Fsp3) is 0.333. The lowest BCUT2D eigenvalue weighted by Crippen LogP contribution is -2.38. The van der Waals surface area contributed by atoms with Gasteiger partial charge in [0.25, 0.3) is 0 Å². The molecule has 0 aromatic heterocycles. The molecular weight excluding hydrogens is 244 g/mol. The molecule has 0 unspecified atom stereocenters. The van der Waals surface area contributed by atoms with Gasteiger partial charge in [0.1, 0.15) is 0 Å². The summed E-state index contributed by atoms with van der Waals surface area (Å²) in [7, 11) is 0. The van der Waals surface area contributed by atoms with Gasteiger partial charge in [0.15, 0.2) is 0 Å². The monoisotopic (exact) mass is 264 g/mol. The Kier molecular flexibility index (Phi) is 2.86. The van der Waals surface area contributed by atoms with Gasteiger partial charge in [-0.25, -0.2) is 5.01 Å². The van der Waals surface area contributed by atoms with Crippen molar-refractivity contribution in [2.45, 2.75) is 25.2 Å². The van der Waals surface area contributed by atoms with Crippen LogP contribution in [0.1, 0.15) is 35.4 Å². The van der Waals surface area contributed by atoms with Crippen molar-refractivity contribution >= 4 is 0 Å². The standard InChI is InChI=1S/C18H20N2/c19-20-10-8-13(9-11-20)15-6-3-7-17-16-5-2-1-4-14(16)12-18(15)17/h1-7,13H,8-12,19H2. The number of nitrogens with zero attached hydrogens (tertiary/aromatic N) is 1. The number of hydrogen-bond acceptors (Lipinski definition) is 2. The molecule has 0 amide bonds. The van der Waals surface area contributed by atoms with Crippen LogP contribution in [-0.4, -0.2) is 18.1 Å². The molecule has 2 heteroatoms. The molecule has 2 aromatic carbocycles. The third kappa shape index (κ3) is 1.88. The third-order valence-corrected chi connectivity index (χ3v) is 4.86. The van der Waals surface area contributed by atoms with Crippen molar-refractivity contribution in [3.63, 3.8) is 0 Å². The molecule has 2 nitrogen and oxygen atoms in total. The Hall–Kier alpha value is -1.64. The SMILES string of the molecule is NN1CCC(c2cccc3c2Cc2ccccc2-3)CC1. The van der Waals surface area contributed by atoms with Crippen molar-refractivity contribution in [2.75, 3.05) is 13.1 Å². The summed E-state index contributed by atoms with van der Waals surface area (Å²) < 4.78 is 0. The van der Waals surface area contributed by atoms with Gasteiger partial charge in [-0.05, 0) is 53.0 Å². The maximum atomic E-state index is 5.89. The first kappa shape index (κ1) is 12.1. The minimum Gasteiger partial charge on any atom is -0.269 e. The molecule has 1 aliphatic carbocycles. The highest BCUT2D eigenvalue weighted by Gasteiger charge is 2.26. The summed E-state index contributed by atoms with van der Waals surface area (Å²) in [4.78, 5) is 0.